The number of hydrogen-bond acceptors (Lipinski definition) is 6. The van der Waals surface area contributed by atoms with Crippen LogP contribution in [0.2, 0.25) is 0 Å². The number of rotatable bonds is 5. The van der Waals surface area contributed by atoms with Gasteiger partial charge in [0.15, 0.2) is 5.82 Å². The summed E-state index contributed by atoms with van der Waals surface area (Å²) in [5, 5.41) is 6.42. The van der Waals surface area contributed by atoms with Crippen molar-refractivity contribution in [2.45, 2.75) is 38.5 Å². The number of nitrogens with zero attached hydrogens (tertiary/aromatic N) is 3. The number of carbonyl (C=O) groups is 2. The van der Waals surface area contributed by atoms with Crippen LogP contribution in [-0.2, 0) is 4.79 Å². The van der Waals surface area contributed by atoms with Gasteiger partial charge in [0.2, 0.25) is 5.89 Å². The van der Waals surface area contributed by atoms with Crippen LogP contribution in [0.15, 0.2) is 4.52 Å². The summed E-state index contributed by atoms with van der Waals surface area (Å²) in [6.07, 6.45) is 0. The van der Waals surface area contributed by atoms with E-state index in [-0.39, 0.29) is 17.2 Å². The summed E-state index contributed by atoms with van der Waals surface area (Å²) in [4.78, 5) is 29.1. The standard InChI is InChI=1S/C12H18N4O3S/c1-7(9-13-8(2)15-19-9)20-6-5-16-10(17)12(3,4)14-11(16)18/h7H,5-6H2,1-4H3,(H,14,18)/t7-/m1/s1. The van der Waals surface area contributed by atoms with Crippen LogP contribution in [0, 0.1) is 6.92 Å². The lowest BCUT2D eigenvalue weighted by molar-refractivity contribution is -0.130. The van der Waals surface area contributed by atoms with Gasteiger partial charge in [-0.25, -0.2) is 4.79 Å². The first-order valence-corrected chi connectivity index (χ1v) is 7.42. The van der Waals surface area contributed by atoms with Gasteiger partial charge in [-0.1, -0.05) is 5.16 Å². The van der Waals surface area contributed by atoms with E-state index < -0.39 is 5.54 Å². The molecule has 1 aliphatic rings. The molecule has 3 amide bonds. The number of thioether (sulfide) groups is 1. The third kappa shape index (κ3) is 2.95. The number of nitrogens with one attached hydrogen (secondary N) is 1. The first kappa shape index (κ1) is 14.8. The lowest BCUT2D eigenvalue weighted by atomic mass is 10.1. The second-order valence-corrected chi connectivity index (χ2v) is 6.65. The monoisotopic (exact) mass is 298 g/mol. The van der Waals surface area contributed by atoms with Gasteiger partial charge in [-0.05, 0) is 27.7 Å². The molecule has 110 valence electrons. The minimum absolute atomic E-state index is 0.0324. The van der Waals surface area contributed by atoms with Crippen LogP contribution in [0.4, 0.5) is 4.79 Å². The molecule has 1 aromatic heterocycles. The number of amides is 3. The Morgan fingerprint density at radius 1 is 1.45 bits per heavy atom. The molecule has 20 heavy (non-hydrogen) atoms. The van der Waals surface area contributed by atoms with E-state index in [0.29, 0.717) is 24.0 Å². The van der Waals surface area contributed by atoms with E-state index in [1.54, 1.807) is 32.5 Å². The highest BCUT2D eigenvalue weighted by atomic mass is 32.2. The van der Waals surface area contributed by atoms with Crippen LogP contribution in [0.5, 0.6) is 0 Å². The number of urea groups is 1. The van der Waals surface area contributed by atoms with Gasteiger partial charge in [-0.3, -0.25) is 9.69 Å². The summed E-state index contributed by atoms with van der Waals surface area (Å²) >= 11 is 1.56. The molecule has 0 aromatic carbocycles. The van der Waals surface area contributed by atoms with Crippen molar-refractivity contribution in [3.05, 3.63) is 11.7 Å². The van der Waals surface area contributed by atoms with Crippen molar-refractivity contribution in [2.75, 3.05) is 12.3 Å². The molecule has 0 bridgehead atoms. The fourth-order valence-corrected chi connectivity index (χ4v) is 2.77. The van der Waals surface area contributed by atoms with Gasteiger partial charge in [0.05, 0.1) is 5.25 Å². The van der Waals surface area contributed by atoms with E-state index in [2.05, 4.69) is 15.5 Å². The van der Waals surface area contributed by atoms with Gasteiger partial charge < -0.3 is 9.84 Å². The molecule has 0 aliphatic carbocycles. The maximum Gasteiger partial charge on any atom is 0.325 e. The first-order valence-electron chi connectivity index (χ1n) is 6.37. The predicted molar refractivity (Wildman–Crippen MR) is 74.2 cm³/mol. The fourth-order valence-electron chi connectivity index (χ4n) is 1.89. The summed E-state index contributed by atoms with van der Waals surface area (Å²) in [5.41, 5.74) is -0.809. The molecule has 0 unspecified atom stereocenters. The van der Waals surface area contributed by atoms with Gasteiger partial charge in [-0.15, -0.1) is 11.8 Å². The fraction of sp³-hybridized carbons (Fsp3) is 0.667. The maximum absolute atomic E-state index is 12.0. The van der Waals surface area contributed by atoms with Crippen molar-refractivity contribution in [1.82, 2.24) is 20.4 Å². The Morgan fingerprint density at radius 2 is 2.15 bits per heavy atom. The second-order valence-electron chi connectivity index (χ2n) is 5.20. The summed E-state index contributed by atoms with van der Waals surface area (Å²) in [6, 6.07) is -0.332. The maximum atomic E-state index is 12.0. The van der Waals surface area contributed by atoms with Crippen LogP contribution in [-0.4, -0.2) is 44.8 Å². The summed E-state index contributed by atoms with van der Waals surface area (Å²) < 4.78 is 5.08. The Hall–Kier alpha value is -1.57. The molecule has 0 spiro atoms. The zero-order valence-electron chi connectivity index (χ0n) is 12.0. The number of imide groups is 1. The molecule has 1 saturated heterocycles. The van der Waals surface area contributed by atoms with Gasteiger partial charge in [0.1, 0.15) is 5.54 Å². The molecule has 1 aromatic rings. The van der Waals surface area contributed by atoms with E-state index in [1.165, 1.54) is 4.90 Å². The average Bonchev–Trinajstić information content (AvgIpc) is 2.86. The molecule has 0 radical (unpaired) electrons. The highest BCUT2D eigenvalue weighted by Crippen LogP contribution is 2.27. The molecule has 8 heteroatoms. The minimum Gasteiger partial charge on any atom is -0.338 e. The lowest BCUT2D eigenvalue weighted by Gasteiger charge is -2.16. The molecule has 1 aliphatic heterocycles. The van der Waals surface area contributed by atoms with Gasteiger partial charge in [0, 0.05) is 12.3 Å². The molecule has 2 heterocycles. The predicted octanol–water partition coefficient (Wildman–Crippen LogP) is 1.50. The van der Waals surface area contributed by atoms with Crippen molar-refractivity contribution in [3.63, 3.8) is 0 Å². The molecule has 2 rings (SSSR count). The van der Waals surface area contributed by atoms with Crippen molar-refractivity contribution in [3.8, 4) is 0 Å². The Balaban J connectivity index is 1.84. The number of aromatic nitrogens is 2. The molecular weight excluding hydrogens is 280 g/mol. The lowest BCUT2D eigenvalue weighted by Crippen LogP contribution is -2.40. The second kappa shape index (κ2) is 5.43. The molecule has 1 N–H and O–H groups in total. The zero-order valence-corrected chi connectivity index (χ0v) is 12.8. The van der Waals surface area contributed by atoms with Crippen LogP contribution in [0.25, 0.3) is 0 Å². The van der Waals surface area contributed by atoms with Crippen LogP contribution < -0.4 is 5.32 Å². The van der Waals surface area contributed by atoms with Gasteiger partial charge >= 0.3 is 6.03 Å². The third-order valence-corrected chi connectivity index (χ3v) is 4.14. The Morgan fingerprint density at radius 3 is 2.65 bits per heavy atom. The van der Waals surface area contributed by atoms with E-state index in [9.17, 15) is 9.59 Å². The zero-order chi connectivity index (χ0) is 14.9. The largest absolute Gasteiger partial charge is 0.338 e. The Labute approximate surface area is 121 Å². The van der Waals surface area contributed by atoms with Crippen molar-refractivity contribution < 1.29 is 14.1 Å². The molecule has 1 fully saturated rings. The minimum atomic E-state index is -0.809. The normalized spacial score (nSPS) is 19.3. The van der Waals surface area contributed by atoms with E-state index >= 15 is 0 Å². The van der Waals surface area contributed by atoms with Gasteiger partial charge in [0.25, 0.3) is 5.91 Å². The summed E-state index contributed by atoms with van der Waals surface area (Å²) in [5.74, 6) is 1.59. The smallest absolute Gasteiger partial charge is 0.325 e. The molecule has 7 nitrogen and oxygen atoms in total. The molecule has 0 saturated carbocycles. The van der Waals surface area contributed by atoms with Crippen molar-refractivity contribution >= 4 is 23.7 Å². The first-order chi connectivity index (χ1) is 9.31. The number of hydrogen-bond donors (Lipinski definition) is 1. The summed E-state index contributed by atoms with van der Waals surface area (Å²) in [7, 11) is 0. The highest BCUT2D eigenvalue weighted by molar-refractivity contribution is 7.99. The van der Waals surface area contributed by atoms with E-state index in [4.69, 9.17) is 4.52 Å². The van der Waals surface area contributed by atoms with Crippen molar-refractivity contribution in [1.29, 1.82) is 0 Å². The van der Waals surface area contributed by atoms with Crippen LogP contribution >= 0.6 is 11.8 Å². The average molecular weight is 298 g/mol. The number of carbonyl (C=O) groups excluding carboxylic acids is 2. The molecular formula is C12H18N4O3S. The number of aryl methyl sites for hydroxylation is 1. The van der Waals surface area contributed by atoms with Crippen LogP contribution in [0.1, 0.15) is 37.7 Å². The molecule has 1 atom stereocenters. The SMILES string of the molecule is Cc1noc([C@@H](C)SCCN2C(=O)NC(C)(C)C2=O)n1. The Kier molecular flexibility index (Phi) is 4.03. The summed E-state index contributed by atoms with van der Waals surface area (Å²) in [6.45, 7) is 7.48. The topological polar surface area (TPSA) is 88.3 Å². The highest BCUT2D eigenvalue weighted by Gasteiger charge is 2.43. The van der Waals surface area contributed by atoms with E-state index in [0.717, 1.165) is 0 Å². The van der Waals surface area contributed by atoms with Gasteiger partial charge in [-0.2, -0.15) is 4.98 Å². The Bertz CT molecular complexity index is 529. The van der Waals surface area contributed by atoms with Crippen LogP contribution in [0.3, 0.4) is 0 Å². The van der Waals surface area contributed by atoms with E-state index in [1.807, 2.05) is 6.92 Å². The quantitative estimate of drug-likeness (QED) is 0.829. The third-order valence-electron chi connectivity index (χ3n) is 3.02. The van der Waals surface area contributed by atoms with Crippen molar-refractivity contribution in [2.24, 2.45) is 0 Å².